The molecule has 8 nitrogen and oxygen atoms in total. The molecule has 3 rings (SSSR count). The van der Waals surface area contributed by atoms with Crippen molar-refractivity contribution in [3.05, 3.63) is 53.6 Å². The summed E-state index contributed by atoms with van der Waals surface area (Å²) in [5, 5.41) is 12.5. The van der Waals surface area contributed by atoms with Crippen LogP contribution in [0.4, 0.5) is 0 Å². The van der Waals surface area contributed by atoms with E-state index < -0.39 is 0 Å². The summed E-state index contributed by atoms with van der Waals surface area (Å²) >= 11 is 0. The zero-order valence-electron chi connectivity index (χ0n) is 18.7. The molecule has 164 valence electrons. The van der Waals surface area contributed by atoms with Crippen molar-refractivity contribution in [3.63, 3.8) is 0 Å². The number of carbonyl (C=O) groups is 1. The highest BCUT2D eigenvalue weighted by atomic mass is 16.5. The van der Waals surface area contributed by atoms with Gasteiger partial charge < -0.3 is 14.4 Å². The molecule has 0 aliphatic carbocycles. The smallest absolute Gasteiger partial charge is 0.246 e. The second-order valence-corrected chi connectivity index (χ2v) is 7.52. The van der Waals surface area contributed by atoms with E-state index in [1.165, 1.54) is 10.4 Å². The Hall–Kier alpha value is -3.42. The second-order valence-electron chi connectivity index (χ2n) is 7.52. The monoisotopic (exact) mass is 423 g/mol. The van der Waals surface area contributed by atoms with Gasteiger partial charge in [-0.2, -0.15) is 4.80 Å². The van der Waals surface area contributed by atoms with Gasteiger partial charge in [0.25, 0.3) is 0 Å². The van der Waals surface area contributed by atoms with Crippen LogP contribution in [-0.4, -0.2) is 51.8 Å². The first kappa shape index (κ1) is 22.3. The van der Waals surface area contributed by atoms with Crippen molar-refractivity contribution in [1.82, 2.24) is 25.1 Å². The molecule has 1 heterocycles. The van der Waals surface area contributed by atoms with E-state index in [2.05, 4.69) is 41.4 Å². The lowest BCUT2D eigenvalue weighted by Gasteiger charge is -2.21. The summed E-state index contributed by atoms with van der Waals surface area (Å²) in [4.78, 5) is 15.9. The number of tetrazole rings is 1. The van der Waals surface area contributed by atoms with Crippen LogP contribution in [0.25, 0.3) is 11.4 Å². The van der Waals surface area contributed by atoms with Crippen molar-refractivity contribution in [2.24, 2.45) is 0 Å². The Morgan fingerprint density at radius 2 is 1.77 bits per heavy atom. The van der Waals surface area contributed by atoms with Crippen LogP contribution in [0.2, 0.25) is 0 Å². The van der Waals surface area contributed by atoms with Crippen molar-refractivity contribution in [3.8, 4) is 22.9 Å². The first-order valence-electron chi connectivity index (χ1n) is 10.3. The standard InChI is InChI=1S/C23H29N5O3/c1-6-27(14-17-7-12-20(30-4)21(13-17)31-5)22(29)15-28-25-23(24-26-28)19-10-8-18(9-11-19)16(2)3/h7-13,16H,6,14-15H2,1-5H3. The fourth-order valence-corrected chi connectivity index (χ4v) is 3.24. The number of nitrogens with zero attached hydrogens (tertiary/aromatic N) is 5. The van der Waals surface area contributed by atoms with E-state index in [4.69, 9.17) is 9.47 Å². The Labute approximate surface area is 182 Å². The Balaban J connectivity index is 1.67. The highest BCUT2D eigenvalue weighted by Gasteiger charge is 2.16. The average molecular weight is 424 g/mol. The minimum absolute atomic E-state index is 0.0260. The highest BCUT2D eigenvalue weighted by Crippen LogP contribution is 2.28. The summed E-state index contributed by atoms with van der Waals surface area (Å²) in [6, 6.07) is 13.7. The molecule has 0 unspecified atom stereocenters. The van der Waals surface area contributed by atoms with Gasteiger partial charge in [0.2, 0.25) is 11.7 Å². The lowest BCUT2D eigenvalue weighted by molar-refractivity contribution is -0.132. The van der Waals surface area contributed by atoms with E-state index in [-0.39, 0.29) is 12.5 Å². The predicted octanol–water partition coefficient (Wildman–Crippen LogP) is 3.53. The third-order valence-electron chi connectivity index (χ3n) is 5.12. The predicted molar refractivity (Wildman–Crippen MR) is 118 cm³/mol. The van der Waals surface area contributed by atoms with E-state index in [0.717, 1.165) is 11.1 Å². The van der Waals surface area contributed by atoms with E-state index in [1.54, 1.807) is 19.1 Å². The topological polar surface area (TPSA) is 82.4 Å². The molecule has 0 aliphatic heterocycles. The van der Waals surface area contributed by atoms with Crippen LogP contribution in [0.15, 0.2) is 42.5 Å². The number of benzene rings is 2. The second kappa shape index (κ2) is 10.1. The van der Waals surface area contributed by atoms with Crippen molar-refractivity contribution in [2.45, 2.75) is 39.8 Å². The van der Waals surface area contributed by atoms with Crippen LogP contribution >= 0.6 is 0 Å². The van der Waals surface area contributed by atoms with Crippen molar-refractivity contribution in [1.29, 1.82) is 0 Å². The van der Waals surface area contributed by atoms with Gasteiger partial charge in [-0.1, -0.05) is 44.2 Å². The summed E-state index contributed by atoms with van der Waals surface area (Å²) in [5.41, 5.74) is 3.08. The van der Waals surface area contributed by atoms with E-state index in [9.17, 15) is 4.79 Å². The molecule has 0 fully saturated rings. The summed E-state index contributed by atoms with van der Waals surface area (Å²) in [6.07, 6.45) is 0. The normalized spacial score (nSPS) is 10.9. The lowest BCUT2D eigenvalue weighted by atomic mass is 10.0. The number of ether oxygens (including phenoxy) is 2. The van der Waals surface area contributed by atoms with Gasteiger partial charge in [0.05, 0.1) is 14.2 Å². The maximum absolute atomic E-state index is 12.8. The quantitative estimate of drug-likeness (QED) is 0.524. The number of hydrogen-bond donors (Lipinski definition) is 0. The molecule has 31 heavy (non-hydrogen) atoms. The van der Waals surface area contributed by atoms with Crippen molar-refractivity contribution >= 4 is 5.91 Å². The van der Waals surface area contributed by atoms with E-state index in [0.29, 0.717) is 36.3 Å². The molecular formula is C23H29N5O3. The van der Waals surface area contributed by atoms with Crippen molar-refractivity contribution in [2.75, 3.05) is 20.8 Å². The molecule has 0 spiro atoms. The maximum atomic E-state index is 12.8. The van der Waals surface area contributed by atoms with E-state index in [1.807, 2.05) is 37.3 Å². The van der Waals surface area contributed by atoms with E-state index >= 15 is 0 Å². The Morgan fingerprint density at radius 3 is 2.39 bits per heavy atom. The number of hydrogen-bond acceptors (Lipinski definition) is 6. The fourth-order valence-electron chi connectivity index (χ4n) is 3.24. The van der Waals surface area contributed by atoms with Gasteiger partial charge in [0.1, 0.15) is 6.54 Å². The van der Waals surface area contributed by atoms with Gasteiger partial charge >= 0.3 is 0 Å². The van der Waals surface area contributed by atoms with Crippen LogP contribution < -0.4 is 9.47 Å². The molecule has 0 saturated carbocycles. The third-order valence-corrected chi connectivity index (χ3v) is 5.12. The van der Waals surface area contributed by atoms with Gasteiger partial charge in [-0.05, 0) is 41.3 Å². The summed E-state index contributed by atoms with van der Waals surface area (Å²) in [7, 11) is 3.19. The molecule has 0 aliphatic rings. The van der Waals surface area contributed by atoms with Crippen LogP contribution in [0.5, 0.6) is 11.5 Å². The molecule has 8 heteroatoms. The van der Waals surface area contributed by atoms with Gasteiger partial charge in [0.15, 0.2) is 11.5 Å². The lowest BCUT2D eigenvalue weighted by Crippen LogP contribution is -2.33. The van der Waals surface area contributed by atoms with Crippen LogP contribution in [-0.2, 0) is 17.9 Å². The molecule has 0 N–H and O–H groups in total. The minimum atomic E-state index is -0.0867. The number of likely N-dealkylation sites (N-methyl/N-ethyl adjacent to an activating group) is 1. The van der Waals surface area contributed by atoms with Gasteiger partial charge in [0, 0.05) is 18.7 Å². The number of carbonyl (C=O) groups excluding carboxylic acids is 1. The molecule has 0 atom stereocenters. The molecule has 0 bridgehead atoms. The van der Waals surface area contributed by atoms with Crippen molar-refractivity contribution < 1.29 is 14.3 Å². The van der Waals surface area contributed by atoms with Gasteiger partial charge in [-0.15, -0.1) is 10.2 Å². The average Bonchev–Trinajstić information content (AvgIpc) is 3.25. The summed E-state index contributed by atoms with van der Waals surface area (Å²) < 4.78 is 10.6. The molecule has 1 amide bonds. The number of rotatable bonds is 9. The van der Waals surface area contributed by atoms with Gasteiger partial charge in [-0.3, -0.25) is 4.79 Å². The fraction of sp³-hybridized carbons (Fsp3) is 0.391. The van der Waals surface area contributed by atoms with Crippen LogP contribution in [0.3, 0.4) is 0 Å². The molecule has 2 aromatic carbocycles. The molecule has 3 aromatic rings. The van der Waals surface area contributed by atoms with Gasteiger partial charge in [-0.25, -0.2) is 0 Å². The SMILES string of the molecule is CCN(Cc1ccc(OC)c(OC)c1)C(=O)Cn1nnc(-c2ccc(C(C)C)cc2)n1. The summed E-state index contributed by atoms with van der Waals surface area (Å²) in [5.74, 6) is 2.17. The molecule has 0 radical (unpaired) electrons. The third kappa shape index (κ3) is 5.39. The van der Waals surface area contributed by atoms with Crippen LogP contribution in [0, 0.1) is 0 Å². The first-order valence-corrected chi connectivity index (χ1v) is 10.3. The largest absolute Gasteiger partial charge is 0.493 e. The number of methoxy groups -OCH3 is 2. The number of aromatic nitrogens is 4. The maximum Gasteiger partial charge on any atom is 0.246 e. The zero-order chi connectivity index (χ0) is 22.4. The first-order chi connectivity index (χ1) is 14.9. The minimum Gasteiger partial charge on any atom is -0.493 e. The zero-order valence-corrected chi connectivity index (χ0v) is 18.7. The molecule has 0 saturated heterocycles. The summed E-state index contributed by atoms with van der Waals surface area (Å²) in [6.45, 7) is 7.28. The molecule has 1 aromatic heterocycles. The highest BCUT2D eigenvalue weighted by molar-refractivity contribution is 5.75. The van der Waals surface area contributed by atoms with Crippen LogP contribution in [0.1, 0.15) is 37.8 Å². The number of amides is 1. The Kier molecular flexibility index (Phi) is 7.23. The molecular weight excluding hydrogens is 394 g/mol. The Bertz CT molecular complexity index is 1010. The Morgan fingerprint density at radius 1 is 1.06 bits per heavy atom.